The van der Waals surface area contributed by atoms with Crippen LogP contribution in [0.3, 0.4) is 0 Å². The molecular formula is C11H17N5O. The molecule has 1 amide bonds. The third kappa shape index (κ3) is 3.05. The number of aromatic nitrogens is 2. The molecule has 0 atom stereocenters. The SMILES string of the molecule is NC(=O)C1CCC(Nc2cncc(N)n2)CC1. The number of nitrogens with two attached hydrogens (primary N) is 2. The van der Waals surface area contributed by atoms with Gasteiger partial charge >= 0.3 is 0 Å². The van der Waals surface area contributed by atoms with Gasteiger partial charge in [-0.25, -0.2) is 4.98 Å². The van der Waals surface area contributed by atoms with Crippen molar-refractivity contribution in [2.45, 2.75) is 31.7 Å². The molecule has 0 bridgehead atoms. The van der Waals surface area contributed by atoms with Crippen molar-refractivity contribution in [2.75, 3.05) is 11.1 Å². The molecule has 0 aromatic carbocycles. The Hall–Kier alpha value is -1.85. The van der Waals surface area contributed by atoms with E-state index in [1.165, 1.54) is 6.20 Å². The van der Waals surface area contributed by atoms with Crippen LogP contribution in [0, 0.1) is 5.92 Å². The maximum absolute atomic E-state index is 11.0. The van der Waals surface area contributed by atoms with Crippen LogP contribution in [0.2, 0.25) is 0 Å². The first-order valence-corrected chi connectivity index (χ1v) is 5.78. The minimum atomic E-state index is -0.188. The van der Waals surface area contributed by atoms with Crippen molar-refractivity contribution >= 4 is 17.5 Å². The molecular weight excluding hydrogens is 218 g/mol. The van der Waals surface area contributed by atoms with Gasteiger partial charge in [0.05, 0.1) is 12.4 Å². The molecule has 2 rings (SSSR count). The average Bonchev–Trinajstić information content (AvgIpc) is 2.29. The summed E-state index contributed by atoms with van der Waals surface area (Å²) in [5, 5.41) is 3.28. The van der Waals surface area contributed by atoms with E-state index in [9.17, 15) is 4.79 Å². The van der Waals surface area contributed by atoms with Crippen LogP contribution in [0.4, 0.5) is 11.6 Å². The van der Waals surface area contributed by atoms with Crippen molar-refractivity contribution in [1.29, 1.82) is 0 Å². The Bertz CT molecular complexity index is 401. The maximum Gasteiger partial charge on any atom is 0.220 e. The highest BCUT2D eigenvalue weighted by molar-refractivity contribution is 5.76. The summed E-state index contributed by atoms with van der Waals surface area (Å²) in [6.07, 6.45) is 6.67. The lowest BCUT2D eigenvalue weighted by Gasteiger charge is -2.27. The quantitative estimate of drug-likeness (QED) is 0.707. The number of primary amides is 1. The molecule has 0 spiro atoms. The van der Waals surface area contributed by atoms with Gasteiger partial charge in [0.25, 0.3) is 0 Å². The number of hydrogen-bond acceptors (Lipinski definition) is 5. The van der Waals surface area contributed by atoms with Gasteiger partial charge in [0.15, 0.2) is 0 Å². The van der Waals surface area contributed by atoms with E-state index in [-0.39, 0.29) is 11.8 Å². The fourth-order valence-corrected chi connectivity index (χ4v) is 2.18. The lowest BCUT2D eigenvalue weighted by atomic mass is 9.85. The summed E-state index contributed by atoms with van der Waals surface area (Å²) in [6, 6.07) is 0.321. The monoisotopic (exact) mass is 235 g/mol. The van der Waals surface area contributed by atoms with E-state index in [1.54, 1.807) is 6.20 Å². The summed E-state index contributed by atoms with van der Waals surface area (Å²) >= 11 is 0. The lowest BCUT2D eigenvalue weighted by molar-refractivity contribution is -0.122. The molecule has 1 aromatic heterocycles. The molecule has 6 heteroatoms. The summed E-state index contributed by atoms with van der Waals surface area (Å²) in [6.45, 7) is 0. The first kappa shape index (κ1) is 11.6. The molecule has 1 aromatic rings. The van der Waals surface area contributed by atoms with Gasteiger partial charge in [0, 0.05) is 12.0 Å². The molecule has 0 unspecified atom stereocenters. The molecule has 1 heterocycles. The fraction of sp³-hybridized carbons (Fsp3) is 0.545. The second kappa shape index (κ2) is 4.99. The highest BCUT2D eigenvalue weighted by Crippen LogP contribution is 2.25. The Balaban J connectivity index is 1.88. The van der Waals surface area contributed by atoms with Crippen LogP contribution < -0.4 is 16.8 Å². The highest BCUT2D eigenvalue weighted by atomic mass is 16.1. The summed E-state index contributed by atoms with van der Waals surface area (Å²) < 4.78 is 0. The standard InChI is InChI=1S/C11H17N5O/c12-9-5-14-6-10(16-9)15-8-3-1-7(2-4-8)11(13)17/h5-8H,1-4H2,(H2,13,17)(H3,12,15,16). The largest absolute Gasteiger partial charge is 0.382 e. The van der Waals surface area contributed by atoms with Crippen molar-refractivity contribution in [1.82, 2.24) is 9.97 Å². The lowest BCUT2D eigenvalue weighted by Crippen LogP contribution is -2.32. The summed E-state index contributed by atoms with van der Waals surface area (Å²) in [4.78, 5) is 19.1. The minimum absolute atomic E-state index is 0.0278. The Kier molecular flexibility index (Phi) is 3.41. The van der Waals surface area contributed by atoms with Gasteiger partial charge in [-0.3, -0.25) is 9.78 Å². The molecule has 0 radical (unpaired) electrons. The van der Waals surface area contributed by atoms with Crippen LogP contribution in [0.1, 0.15) is 25.7 Å². The van der Waals surface area contributed by atoms with Crippen LogP contribution in [-0.2, 0) is 4.79 Å². The zero-order chi connectivity index (χ0) is 12.3. The topological polar surface area (TPSA) is 107 Å². The Morgan fingerprint density at radius 3 is 2.59 bits per heavy atom. The molecule has 1 saturated carbocycles. The molecule has 92 valence electrons. The zero-order valence-corrected chi connectivity index (χ0v) is 9.60. The van der Waals surface area contributed by atoms with E-state index < -0.39 is 0 Å². The van der Waals surface area contributed by atoms with Crippen LogP contribution >= 0.6 is 0 Å². The predicted molar refractivity (Wildman–Crippen MR) is 65.0 cm³/mol. The van der Waals surface area contributed by atoms with Gasteiger partial charge in [0.1, 0.15) is 11.6 Å². The predicted octanol–water partition coefficient (Wildman–Crippen LogP) is 0.515. The number of anilines is 2. The van der Waals surface area contributed by atoms with E-state index in [2.05, 4.69) is 15.3 Å². The normalized spacial score (nSPS) is 24.2. The number of nitrogens with one attached hydrogen (secondary N) is 1. The van der Waals surface area contributed by atoms with Crippen molar-refractivity contribution in [3.8, 4) is 0 Å². The van der Waals surface area contributed by atoms with E-state index in [1.807, 2.05) is 0 Å². The second-order valence-electron chi connectivity index (χ2n) is 4.42. The molecule has 0 saturated heterocycles. The van der Waals surface area contributed by atoms with Gasteiger partial charge in [0.2, 0.25) is 5.91 Å². The third-order valence-electron chi connectivity index (χ3n) is 3.13. The van der Waals surface area contributed by atoms with Gasteiger partial charge in [-0.1, -0.05) is 0 Å². The number of nitrogen functional groups attached to an aromatic ring is 1. The molecule has 1 aliphatic carbocycles. The van der Waals surface area contributed by atoms with Crippen LogP contribution in [0.15, 0.2) is 12.4 Å². The number of carbonyl (C=O) groups excluding carboxylic acids is 1. The van der Waals surface area contributed by atoms with E-state index in [0.29, 0.717) is 17.7 Å². The number of nitrogens with zero attached hydrogens (tertiary/aromatic N) is 2. The molecule has 1 fully saturated rings. The van der Waals surface area contributed by atoms with Crippen LogP contribution in [-0.4, -0.2) is 21.9 Å². The van der Waals surface area contributed by atoms with Gasteiger partial charge in [-0.05, 0) is 25.7 Å². The number of amides is 1. The van der Waals surface area contributed by atoms with Crippen molar-refractivity contribution in [2.24, 2.45) is 11.7 Å². The average molecular weight is 235 g/mol. The van der Waals surface area contributed by atoms with E-state index >= 15 is 0 Å². The number of rotatable bonds is 3. The second-order valence-corrected chi connectivity index (χ2v) is 4.42. The van der Waals surface area contributed by atoms with Crippen LogP contribution in [0.5, 0.6) is 0 Å². The molecule has 6 nitrogen and oxygen atoms in total. The third-order valence-corrected chi connectivity index (χ3v) is 3.13. The molecule has 1 aliphatic rings. The zero-order valence-electron chi connectivity index (χ0n) is 9.60. The van der Waals surface area contributed by atoms with Gasteiger partial charge in [-0.15, -0.1) is 0 Å². The number of carbonyl (C=O) groups is 1. The first-order chi connectivity index (χ1) is 8.15. The Morgan fingerprint density at radius 1 is 1.29 bits per heavy atom. The summed E-state index contributed by atoms with van der Waals surface area (Å²) in [5.41, 5.74) is 10.8. The first-order valence-electron chi connectivity index (χ1n) is 5.78. The van der Waals surface area contributed by atoms with Crippen LogP contribution in [0.25, 0.3) is 0 Å². The van der Waals surface area contributed by atoms with Crippen molar-refractivity contribution in [3.63, 3.8) is 0 Å². The Morgan fingerprint density at radius 2 is 2.00 bits per heavy atom. The minimum Gasteiger partial charge on any atom is -0.382 e. The van der Waals surface area contributed by atoms with E-state index in [4.69, 9.17) is 11.5 Å². The van der Waals surface area contributed by atoms with E-state index in [0.717, 1.165) is 25.7 Å². The van der Waals surface area contributed by atoms with Gasteiger partial charge < -0.3 is 16.8 Å². The highest BCUT2D eigenvalue weighted by Gasteiger charge is 2.24. The molecule has 17 heavy (non-hydrogen) atoms. The smallest absolute Gasteiger partial charge is 0.220 e. The summed E-state index contributed by atoms with van der Waals surface area (Å²) in [5.74, 6) is 0.931. The fourth-order valence-electron chi connectivity index (χ4n) is 2.18. The maximum atomic E-state index is 11.0. The summed E-state index contributed by atoms with van der Waals surface area (Å²) in [7, 11) is 0. The Labute approximate surface area is 99.8 Å². The van der Waals surface area contributed by atoms with Crippen molar-refractivity contribution in [3.05, 3.63) is 12.4 Å². The molecule has 0 aliphatic heterocycles. The van der Waals surface area contributed by atoms with Crippen molar-refractivity contribution < 1.29 is 4.79 Å². The number of hydrogen-bond donors (Lipinski definition) is 3. The van der Waals surface area contributed by atoms with Gasteiger partial charge in [-0.2, -0.15) is 0 Å². The molecule has 5 N–H and O–H groups in total.